The molecule has 1 fully saturated rings. The van der Waals surface area contributed by atoms with Gasteiger partial charge in [0.15, 0.2) is 0 Å². The van der Waals surface area contributed by atoms with Gasteiger partial charge in [-0.05, 0) is 24.3 Å². The molecule has 4 N–H and O–H groups in total. The number of rotatable bonds is 10. The molecule has 0 radical (unpaired) electrons. The van der Waals surface area contributed by atoms with E-state index < -0.39 is 36.5 Å². The van der Waals surface area contributed by atoms with Crippen molar-refractivity contribution < 1.29 is 29.9 Å². The molecule has 1 saturated heterocycles. The Bertz CT molecular complexity index is 734. The number of aromatic nitrogens is 4. The first kappa shape index (κ1) is 22.1. The summed E-state index contributed by atoms with van der Waals surface area (Å²) >= 11 is 1.31. The lowest BCUT2D eigenvalue weighted by molar-refractivity contribution is -0.205. The first-order valence-electron chi connectivity index (χ1n) is 9.37. The molecule has 1 aliphatic heterocycles. The lowest BCUT2D eigenvalue weighted by Gasteiger charge is -2.39. The van der Waals surface area contributed by atoms with Crippen LogP contribution in [0.3, 0.4) is 0 Å². The van der Waals surface area contributed by atoms with Gasteiger partial charge in [-0.3, -0.25) is 4.98 Å². The summed E-state index contributed by atoms with van der Waals surface area (Å²) in [5.74, 6) is 0.620. The number of hydrogen-bond donors (Lipinski definition) is 4. The molecule has 10 nitrogen and oxygen atoms in total. The van der Waals surface area contributed by atoms with Crippen molar-refractivity contribution in [1.82, 2.24) is 20.0 Å². The third kappa shape index (κ3) is 6.19. The van der Waals surface area contributed by atoms with Gasteiger partial charge < -0.3 is 29.9 Å². The number of hydrogen-bond acceptors (Lipinski definition) is 10. The maximum atomic E-state index is 9.99. The summed E-state index contributed by atoms with van der Waals surface area (Å²) in [6.45, 7) is 0.945. The Labute approximate surface area is 172 Å². The number of nitrogens with zero attached hydrogens (tertiary/aromatic N) is 4. The van der Waals surface area contributed by atoms with E-state index in [4.69, 9.17) is 9.47 Å². The normalized spacial score (nSPS) is 27.2. The van der Waals surface area contributed by atoms with Gasteiger partial charge >= 0.3 is 0 Å². The minimum atomic E-state index is -1.34. The summed E-state index contributed by atoms with van der Waals surface area (Å²) in [6.07, 6.45) is -0.522. The van der Waals surface area contributed by atoms with Crippen LogP contribution < -0.4 is 0 Å². The lowest BCUT2D eigenvalue weighted by atomic mass is 10.0. The monoisotopic (exact) mass is 426 g/mol. The fourth-order valence-corrected chi connectivity index (χ4v) is 3.98. The molecule has 29 heavy (non-hydrogen) atoms. The molecular weight excluding hydrogens is 400 g/mol. The molecule has 1 aliphatic rings. The Morgan fingerprint density at radius 3 is 2.76 bits per heavy atom. The predicted octanol–water partition coefficient (Wildman–Crippen LogP) is -0.839. The van der Waals surface area contributed by atoms with Crippen LogP contribution >= 0.6 is 11.8 Å². The number of ether oxygens (including phenoxy) is 2. The maximum Gasteiger partial charge on any atom is 0.132 e. The van der Waals surface area contributed by atoms with Gasteiger partial charge in [0, 0.05) is 12.8 Å². The van der Waals surface area contributed by atoms with Gasteiger partial charge in [-0.15, -0.1) is 16.9 Å². The van der Waals surface area contributed by atoms with E-state index in [9.17, 15) is 20.4 Å². The van der Waals surface area contributed by atoms with Crippen molar-refractivity contribution in [2.24, 2.45) is 0 Å². The summed E-state index contributed by atoms with van der Waals surface area (Å²) in [6, 6.07) is 5.70. The highest BCUT2D eigenvalue weighted by Gasteiger charge is 2.43. The molecular formula is C18H26N4O6S. The second-order valence-electron chi connectivity index (χ2n) is 6.70. The summed E-state index contributed by atoms with van der Waals surface area (Å²) < 4.78 is 12.8. The van der Waals surface area contributed by atoms with Crippen molar-refractivity contribution in [2.45, 2.75) is 49.4 Å². The Kier molecular flexibility index (Phi) is 8.36. The standard InChI is InChI=1S/C18H26N4O6S/c23-10-14-15(24)16(25)17(26)18(28-14)29-7-3-6-27-11-13-9-22(21-20-13)8-12-4-1-2-5-19-12/h1-2,4-5,9,14-18,23-26H,3,6-8,10-11H2. The largest absolute Gasteiger partial charge is 0.394 e. The molecule has 5 atom stereocenters. The van der Waals surface area contributed by atoms with Crippen LogP contribution in [0.2, 0.25) is 0 Å². The minimum absolute atomic E-state index is 0.340. The molecule has 0 aromatic carbocycles. The molecule has 160 valence electrons. The zero-order valence-corrected chi connectivity index (χ0v) is 16.6. The molecule has 0 saturated carbocycles. The third-order valence-electron chi connectivity index (χ3n) is 4.45. The van der Waals surface area contributed by atoms with Crippen LogP contribution in [0.1, 0.15) is 17.8 Å². The van der Waals surface area contributed by atoms with Gasteiger partial charge in [-0.25, -0.2) is 4.68 Å². The van der Waals surface area contributed by atoms with Crippen molar-refractivity contribution in [3.63, 3.8) is 0 Å². The summed E-state index contributed by atoms with van der Waals surface area (Å²) in [7, 11) is 0. The number of thioether (sulfide) groups is 1. The average Bonchev–Trinajstić information content (AvgIpc) is 3.18. The Morgan fingerprint density at radius 2 is 2.00 bits per heavy atom. The Hall–Kier alpha value is -1.60. The summed E-state index contributed by atoms with van der Waals surface area (Å²) in [5.41, 5.74) is 0.912. The molecule has 0 amide bonds. The van der Waals surface area contributed by atoms with Crippen molar-refractivity contribution in [3.8, 4) is 0 Å². The fraction of sp³-hybridized carbons (Fsp3) is 0.611. The van der Waals surface area contributed by atoms with Crippen LogP contribution in [0.25, 0.3) is 0 Å². The first-order chi connectivity index (χ1) is 14.1. The van der Waals surface area contributed by atoms with E-state index in [0.717, 1.165) is 11.4 Å². The quantitative estimate of drug-likeness (QED) is 0.355. The molecule has 0 aliphatic carbocycles. The van der Waals surface area contributed by atoms with Gasteiger partial charge in [0.2, 0.25) is 0 Å². The van der Waals surface area contributed by atoms with Crippen molar-refractivity contribution in [3.05, 3.63) is 42.0 Å². The molecule has 0 bridgehead atoms. The van der Waals surface area contributed by atoms with Crippen LogP contribution in [-0.2, 0) is 22.6 Å². The third-order valence-corrected chi connectivity index (χ3v) is 5.69. The van der Waals surface area contributed by atoms with E-state index in [-0.39, 0.29) is 0 Å². The smallest absolute Gasteiger partial charge is 0.132 e. The molecule has 5 unspecified atom stereocenters. The van der Waals surface area contributed by atoms with Crippen LogP contribution in [0, 0.1) is 0 Å². The highest BCUT2D eigenvalue weighted by molar-refractivity contribution is 7.99. The number of aliphatic hydroxyl groups excluding tert-OH is 4. The van der Waals surface area contributed by atoms with Gasteiger partial charge in [-0.2, -0.15) is 0 Å². The predicted molar refractivity (Wildman–Crippen MR) is 104 cm³/mol. The van der Waals surface area contributed by atoms with E-state index in [0.29, 0.717) is 31.9 Å². The van der Waals surface area contributed by atoms with Crippen LogP contribution in [-0.4, -0.2) is 89.2 Å². The Balaban J connectivity index is 1.32. The second kappa shape index (κ2) is 11.0. The van der Waals surface area contributed by atoms with E-state index in [1.54, 1.807) is 10.9 Å². The Morgan fingerprint density at radius 1 is 1.14 bits per heavy atom. The second-order valence-corrected chi connectivity index (χ2v) is 7.91. The van der Waals surface area contributed by atoms with Crippen LogP contribution in [0.15, 0.2) is 30.6 Å². The van der Waals surface area contributed by atoms with E-state index in [1.165, 1.54) is 11.8 Å². The first-order valence-corrected chi connectivity index (χ1v) is 10.4. The van der Waals surface area contributed by atoms with E-state index in [1.807, 2.05) is 24.4 Å². The van der Waals surface area contributed by atoms with Crippen molar-refractivity contribution in [2.75, 3.05) is 19.0 Å². The average molecular weight is 426 g/mol. The van der Waals surface area contributed by atoms with Crippen molar-refractivity contribution in [1.29, 1.82) is 0 Å². The topological polar surface area (TPSA) is 143 Å². The highest BCUT2D eigenvalue weighted by Crippen LogP contribution is 2.28. The van der Waals surface area contributed by atoms with Gasteiger partial charge in [0.05, 0.1) is 31.6 Å². The van der Waals surface area contributed by atoms with Crippen LogP contribution in [0.5, 0.6) is 0 Å². The zero-order valence-electron chi connectivity index (χ0n) is 15.8. The number of pyridine rings is 1. The zero-order chi connectivity index (χ0) is 20.6. The summed E-state index contributed by atoms with van der Waals surface area (Å²) in [4.78, 5) is 4.25. The molecule has 11 heteroatoms. The molecule has 2 aromatic heterocycles. The molecule has 0 spiro atoms. The molecule has 3 rings (SSSR count). The maximum absolute atomic E-state index is 9.99. The summed E-state index contributed by atoms with van der Waals surface area (Å²) in [5, 5.41) is 46.9. The van der Waals surface area contributed by atoms with Crippen molar-refractivity contribution >= 4 is 11.8 Å². The van der Waals surface area contributed by atoms with E-state index in [2.05, 4.69) is 15.3 Å². The van der Waals surface area contributed by atoms with E-state index >= 15 is 0 Å². The fourth-order valence-electron chi connectivity index (χ4n) is 2.88. The number of aliphatic hydroxyl groups is 4. The van der Waals surface area contributed by atoms with Gasteiger partial charge in [-0.1, -0.05) is 11.3 Å². The lowest BCUT2D eigenvalue weighted by Crippen LogP contribution is -2.57. The molecule has 3 heterocycles. The molecule has 2 aromatic rings. The van der Waals surface area contributed by atoms with Gasteiger partial charge in [0.25, 0.3) is 0 Å². The highest BCUT2D eigenvalue weighted by atomic mass is 32.2. The minimum Gasteiger partial charge on any atom is -0.394 e. The van der Waals surface area contributed by atoms with Gasteiger partial charge in [0.1, 0.15) is 35.5 Å². The van der Waals surface area contributed by atoms with Crippen LogP contribution in [0.4, 0.5) is 0 Å². The SMILES string of the molecule is OCC1OC(SCCCOCc2cn(Cc3ccccn3)nn2)C(O)C(O)C1O.